The summed E-state index contributed by atoms with van der Waals surface area (Å²) in [5.74, 6) is 0. The largest absolute Gasteiger partial charge is 0.381 e. The maximum Gasteiger partial charge on any atom is 0.325 e. The van der Waals surface area contributed by atoms with Crippen molar-refractivity contribution in [1.82, 2.24) is 20.1 Å². The fraction of sp³-hybridized carbons (Fsp3) is 0.269. The van der Waals surface area contributed by atoms with Crippen LogP contribution in [-0.2, 0) is 11.3 Å². The van der Waals surface area contributed by atoms with Crippen molar-refractivity contribution in [2.75, 3.05) is 24.7 Å². The van der Waals surface area contributed by atoms with Crippen molar-refractivity contribution in [2.45, 2.75) is 24.9 Å². The van der Waals surface area contributed by atoms with Gasteiger partial charge in [0.1, 0.15) is 0 Å². The van der Waals surface area contributed by atoms with Crippen molar-refractivity contribution in [3.8, 4) is 11.1 Å². The third kappa shape index (κ3) is 3.54. The van der Waals surface area contributed by atoms with E-state index < -0.39 is 0 Å². The highest BCUT2D eigenvalue weighted by Crippen LogP contribution is 2.39. The predicted octanol–water partition coefficient (Wildman–Crippen LogP) is 4.62. The number of benzene rings is 2. The first-order valence-electron chi connectivity index (χ1n) is 11.3. The number of carbonyl (C=O) groups excluding carboxylic acids is 1. The van der Waals surface area contributed by atoms with Crippen LogP contribution in [0, 0.1) is 0 Å². The van der Waals surface area contributed by atoms with Gasteiger partial charge in [0.05, 0.1) is 23.8 Å². The average Bonchev–Trinajstić information content (AvgIpc) is 3.49. The Balaban J connectivity index is 1.31. The van der Waals surface area contributed by atoms with Crippen molar-refractivity contribution in [2.24, 2.45) is 0 Å². The average molecular weight is 440 g/mol. The Kier molecular flexibility index (Phi) is 4.84. The number of amides is 2. The van der Waals surface area contributed by atoms with Gasteiger partial charge in [0.15, 0.2) is 0 Å². The lowest BCUT2D eigenvalue weighted by atomic mass is 9.88. The molecule has 0 unspecified atom stereocenters. The number of pyridine rings is 1. The molecule has 0 aliphatic carbocycles. The predicted molar refractivity (Wildman–Crippen MR) is 127 cm³/mol. The van der Waals surface area contributed by atoms with Gasteiger partial charge in [0, 0.05) is 48.8 Å². The first-order chi connectivity index (χ1) is 16.2. The van der Waals surface area contributed by atoms with Gasteiger partial charge in [-0.1, -0.05) is 30.3 Å². The number of hydrogen-bond acceptors (Lipinski definition) is 4. The minimum Gasteiger partial charge on any atom is -0.381 e. The molecule has 2 aromatic heterocycles. The molecule has 4 aromatic rings. The number of aromatic nitrogens is 3. The molecule has 4 heterocycles. The summed E-state index contributed by atoms with van der Waals surface area (Å²) in [6, 6.07) is 18.5. The summed E-state index contributed by atoms with van der Waals surface area (Å²) in [5, 5.41) is 7.98. The van der Waals surface area contributed by atoms with Gasteiger partial charge < -0.3 is 9.64 Å². The van der Waals surface area contributed by atoms with Crippen LogP contribution in [0.25, 0.3) is 22.0 Å². The van der Waals surface area contributed by atoms with E-state index in [2.05, 4.69) is 44.3 Å². The first-order valence-corrected chi connectivity index (χ1v) is 11.3. The van der Waals surface area contributed by atoms with Crippen molar-refractivity contribution < 1.29 is 9.53 Å². The van der Waals surface area contributed by atoms with E-state index in [-0.39, 0.29) is 11.6 Å². The standard InChI is InChI=1S/C26H25N5O2/c32-25-30(23-7-5-20(6-8-23)22-15-28-29-16-22)18-26(9-12-33-13-10-26)31(25)17-19-3-4-21-2-1-11-27-24(21)14-19/h1-8,11,14-16H,9-10,12-13,17-18H2,(H,28,29). The second-order valence-electron chi connectivity index (χ2n) is 8.86. The number of carbonyl (C=O) groups is 1. The Bertz CT molecular complexity index is 1280. The van der Waals surface area contributed by atoms with Gasteiger partial charge in [0.2, 0.25) is 0 Å². The van der Waals surface area contributed by atoms with Crippen molar-refractivity contribution in [1.29, 1.82) is 0 Å². The molecule has 0 radical (unpaired) electrons. The number of urea groups is 1. The molecule has 0 atom stereocenters. The molecule has 166 valence electrons. The van der Waals surface area contributed by atoms with E-state index in [9.17, 15) is 4.79 Å². The number of fused-ring (bicyclic) bond motifs is 1. The zero-order valence-corrected chi connectivity index (χ0v) is 18.3. The van der Waals surface area contributed by atoms with Gasteiger partial charge in [-0.2, -0.15) is 5.10 Å². The number of ether oxygens (including phenoxy) is 1. The zero-order valence-electron chi connectivity index (χ0n) is 18.3. The molecule has 0 bridgehead atoms. The van der Waals surface area contributed by atoms with Crippen LogP contribution in [0.15, 0.2) is 73.2 Å². The molecule has 2 amide bonds. The van der Waals surface area contributed by atoms with E-state index >= 15 is 0 Å². The molecule has 2 saturated heterocycles. The van der Waals surface area contributed by atoms with Gasteiger partial charge in [0.25, 0.3) is 0 Å². The number of rotatable bonds is 4. The first kappa shape index (κ1) is 19.9. The van der Waals surface area contributed by atoms with Gasteiger partial charge in [-0.25, -0.2) is 4.79 Å². The van der Waals surface area contributed by atoms with E-state index in [1.807, 2.05) is 47.6 Å². The Labute approximate surface area is 192 Å². The van der Waals surface area contributed by atoms with Crippen LogP contribution in [0.4, 0.5) is 10.5 Å². The summed E-state index contributed by atoms with van der Waals surface area (Å²) in [7, 11) is 0. The van der Waals surface area contributed by atoms with Gasteiger partial charge in [-0.05, 0) is 48.2 Å². The monoisotopic (exact) mass is 439 g/mol. The molecule has 33 heavy (non-hydrogen) atoms. The summed E-state index contributed by atoms with van der Waals surface area (Å²) >= 11 is 0. The molecule has 7 heteroatoms. The molecule has 2 aromatic carbocycles. The van der Waals surface area contributed by atoms with Gasteiger partial charge >= 0.3 is 6.03 Å². The lowest BCUT2D eigenvalue weighted by molar-refractivity contribution is 0.00612. The molecule has 0 saturated carbocycles. The van der Waals surface area contributed by atoms with Crippen LogP contribution >= 0.6 is 0 Å². The number of aromatic amines is 1. The van der Waals surface area contributed by atoms with Crippen LogP contribution in [0.2, 0.25) is 0 Å². The maximum absolute atomic E-state index is 13.7. The van der Waals surface area contributed by atoms with E-state index in [0.717, 1.165) is 46.1 Å². The highest BCUT2D eigenvalue weighted by molar-refractivity contribution is 5.95. The highest BCUT2D eigenvalue weighted by atomic mass is 16.5. The van der Waals surface area contributed by atoms with Crippen molar-refractivity contribution in [3.05, 3.63) is 78.8 Å². The molecule has 1 N–H and O–H groups in total. The molecule has 6 rings (SSSR count). The SMILES string of the molecule is O=C1N(c2ccc(-c3cn[nH]c3)cc2)CC2(CCOCC2)N1Cc1ccc2cccnc2c1. The third-order valence-corrected chi connectivity index (χ3v) is 6.93. The molecule has 1 spiro atoms. The number of H-pyrrole nitrogens is 1. The van der Waals surface area contributed by atoms with Crippen LogP contribution < -0.4 is 4.90 Å². The minimum atomic E-state index is -0.225. The maximum atomic E-state index is 13.7. The number of anilines is 1. The molecule has 2 aliphatic heterocycles. The Hall–Kier alpha value is -3.71. The Morgan fingerprint density at radius 3 is 2.67 bits per heavy atom. The fourth-order valence-corrected chi connectivity index (χ4v) is 5.05. The Morgan fingerprint density at radius 2 is 1.88 bits per heavy atom. The van der Waals surface area contributed by atoms with E-state index in [4.69, 9.17) is 4.74 Å². The minimum absolute atomic E-state index is 0.0501. The molecule has 2 aliphatic rings. The van der Waals surface area contributed by atoms with Crippen LogP contribution in [0.3, 0.4) is 0 Å². The van der Waals surface area contributed by atoms with Crippen molar-refractivity contribution >= 4 is 22.6 Å². The molecular weight excluding hydrogens is 414 g/mol. The normalized spacial score (nSPS) is 17.9. The lowest BCUT2D eigenvalue weighted by Crippen LogP contribution is -2.50. The topological polar surface area (TPSA) is 74.3 Å². The summed E-state index contributed by atoms with van der Waals surface area (Å²) in [6.07, 6.45) is 7.16. The van der Waals surface area contributed by atoms with Gasteiger partial charge in [-0.15, -0.1) is 0 Å². The summed E-state index contributed by atoms with van der Waals surface area (Å²) in [5.41, 5.74) is 4.84. The van der Waals surface area contributed by atoms with E-state index in [0.29, 0.717) is 26.3 Å². The number of hydrogen-bond donors (Lipinski definition) is 1. The van der Waals surface area contributed by atoms with Crippen LogP contribution in [-0.4, -0.2) is 51.4 Å². The highest BCUT2D eigenvalue weighted by Gasteiger charge is 2.50. The summed E-state index contributed by atoms with van der Waals surface area (Å²) < 4.78 is 5.67. The smallest absolute Gasteiger partial charge is 0.325 e. The van der Waals surface area contributed by atoms with Crippen molar-refractivity contribution in [3.63, 3.8) is 0 Å². The van der Waals surface area contributed by atoms with Crippen LogP contribution in [0.1, 0.15) is 18.4 Å². The number of nitrogens with one attached hydrogen (secondary N) is 1. The zero-order chi connectivity index (χ0) is 22.3. The summed E-state index contributed by atoms with van der Waals surface area (Å²) in [6.45, 7) is 2.59. The molecular formula is C26H25N5O2. The van der Waals surface area contributed by atoms with Gasteiger partial charge in [-0.3, -0.25) is 15.0 Å². The molecule has 2 fully saturated rings. The molecule has 7 nitrogen and oxygen atoms in total. The van der Waals surface area contributed by atoms with E-state index in [1.165, 1.54) is 0 Å². The Morgan fingerprint density at radius 1 is 1.03 bits per heavy atom. The van der Waals surface area contributed by atoms with E-state index in [1.54, 1.807) is 6.20 Å². The number of nitrogens with zero attached hydrogens (tertiary/aromatic N) is 4. The second kappa shape index (κ2) is 8.01. The summed E-state index contributed by atoms with van der Waals surface area (Å²) in [4.78, 5) is 22.2. The fourth-order valence-electron chi connectivity index (χ4n) is 5.05. The quantitative estimate of drug-likeness (QED) is 0.504. The lowest BCUT2D eigenvalue weighted by Gasteiger charge is -2.40. The third-order valence-electron chi connectivity index (χ3n) is 6.93. The van der Waals surface area contributed by atoms with Crippen LogP contribution in [0.5, 0.6) is 0 Å². The second-order valence-corrected chi connectivity index (χ2v) is 8.86.